The van der Waals surface area contributed by atoms with Crippen LogP contribution < -0.4 is 5.32 Å². The molecule has 3 atom stereocenters. The average molecular weight is 279 g/mol. The molecule has 2 fully saturated rings. The molecule has 0 spiro atoms. The lowest BCUT2D eigenvalue weighted by Crippen LogP contribution is -2.61. The lowest BCUT2D eigenvalue weighted by atomic mass is 9.91. The van der Waals surface area contributed by atoms with Crippen LogP contribution >= 0.6 is 0 Å². The monoisotopic (exact) mass is 279 g/mol. The van der Waals surface area contributed by atoms with Crippen molar-refractivity contribution < 1.29 is 4.74 Å². The maximum atomic E-state index is 9.82. The van der Waals surface area contributed by atoms with E-state index in [1.165, 1.54) is 12.8 Å². The van der Waals surface area contributed by atoms with E-state index in [4.69, 9.17) is 4.74 Å². The van der Waals surface area contributed by atoms with Gasteiger partial charge in [-0.15, -0.1) is 0 Å². The molecule has 114 valence electrons. The lowest BCUT2D eigenvalue weighted by Gasteiger charge is -2.43. The van der Waals surface area contributed by atoms with E-state index in [2.05, 4.69) is 44.0 Å². The fourth-order valence-corrected chi connectivity index (χ4v) is 3.35. The smallest absolute Gasteiger partial charge is 0.122 e. The maximum Gasteiger partial charge on any atom is 0.122 e. The summed E-state index contributed by atoms with van der Waals surface area (Å²) in [5.41, 5.74) is -0.376. The minimum atomic E-state index is -0.376. The quantitative estimate of drug-likeness (QED) is 0.809. The molecule has 0 bridgehead atoms. The van der Waals surface area contributed by atoms with Crippen LogP contribution in [0.15, 0.2) is 0 Å². The van der Waals surface area contributed by atoms with Gasteiger partial charge in [-0.3, -0.25) is 10.2 Å². The molecule has 1 aliphatic heterocycles. The van der Waals surface area contributed by atoms with Gasteiger partial charge in [-0.05, 0) is 46.0 Å². The Bertz CT molecular complexity index is 361. The molecule has 0 amide bonds. The Morgan fingerprint density at radius 3 is 2.65 bits per heavy atom. The highest BCUT2D eigenvalue weighted by molar-refractivity contribution is 5.17. The molecule has 0 radical (unpaired) electrons. The van der Waals surface area contributed by atoms with E-state index < -0.39 is 0 Å². The Morgan fingerprint density at radius 2 is 2.15 bits per heavy atom. The zero-order valence-corrected chi connectivity index (χ0v) is 13.4. The van der Waals surface area contributed by atoms with Crippen LogP contribution in [-0.4, -0.2) is 48.3 Å². The van der Waals surface area contributed by atoms with Crippen molar-refractivity contribution in [3.63, 3.8) is 0 Å². The number of hydrogen-bond donors (Lipinski definition) is 1. The van der Waals surface area contributed by atoms with E-state index in [-0.39, 0.29) is 11.6 Å². The Morgan fingerprint density at radius 1 is 1.45 bits per heavy atom. The van der Waals surface area contributed by atoms with Crippen molar-refractivity contribution >= 4 is 0 Å². The zero-order chi connectivity index (χ0) is 14.8. The van der Waals surface area contributed by atoms with Crippen LogP contribution in [0.1, 0.15) is 47.0 Å². The Labute approximate surface area is 123 Å². The first-order valence-electron chi connectivity index (χ1n) is 8.05. The molecule has 2 rings (SSSR count). The van der Waals surface area contributed by atoms with E-state index >= 15 is 0 Å². The summed E-state index contributed by atoms with van der Waals surface area (Å²) in [6.07, 6.45) is 3.72. The average Bonchev–Trinajstić information content (AvgIpc) is 3.22. The standard InChI is InChI=1S/C16H29N3O/c1-5-15-9-20-13(4)8-19(15)11-16(10-17,14-6-7-14)18-12(2)3/h12-15,18H,5-9,11H2,1-4H3. The molecule has 0 aromatic carbocycles. The second-order valence-electron chi connectivity index (χ2n) is 6.79. The minimum absolute atomic E-state index is 0.271. The third kappa shape index (κ3) is 3.52. The van der Waals surface area contributed by atoms with Crippen LogP contribution in [0, 0.1) is 17.2 Å². The van der Waals surface area contributed by atoms with Crippen LogP contribution in [0.4, 0.5) is 0 Å². The summed E-state index contributed by atoms with van der Waals surface area (Å²) in [6, 6.07) is 3.41. The van der Waals surface area contributed by atoms with Crippen LogP contribution in [0.5, 0.6) is 0 Å². The lowest BCUT2D eigenvalue weighted by molar-refractivity contribution is -0.0630. The van der Waals surface area contributed by atoms with Crippen molar-refractivity contribution in [1.82, 2.24) is 10.2 Å². The summed E-state index contributed by atoms with van der Waals surface area (Å²) >= 11 is 0. The maximum absolute atomic E-state index is 9.82. The second kappa shape index (κ2) is 6.43. The first-order valence-corrected chi connectivity index (χ1v) is 8.05. The molecular weight excluding hydrogens is 250 g/mol. The number of nitrogens with one attached hydrogen (secondary N) is 1. The van der Waals surface area contributed by atoms with Crippen LogP contribution in [0.2, 0.25) is 0 Å². The predicted octanol–water partition coefficient (Wildman–Crippen LogP) is 2.16. The van der Waals surface area contributed by atoms with E-state index in [1.54, 1.807) is 0 Å². The molecule has 1 saturated heterocycles. The van der Waals surface area contributed by atoms with Gasteiger partial charge in [0.1, 0.15) is 5.54 Å². The molecule has 20 heavy (non-hydrogen) atoms. The number of nitriles is 1. The summed E-state index contributed by atoms with van der Waals surface area (Å²) in [4.78, 5) is 2.48. The predicted molar refractivity (Wildman–Crippen MR) is 80.4 cm³/mol. The fraction of sp³-hybridized carbons (Fsp3) is 0.938. The number of nitrogens with zero attached hydrogens (tertiary/aromatic N) is 2. The van der Waals surface area contributed by atoms with Crippen molar-refractivity contribution in [3.05, 3.63) is 0 Å². The second-order valence-corrected chi connectivity index (χ2v) is 6.79. The van der Waals surface area contributed by atoms with E-state index in [1.807, 2.05) is 0 Å². The minimum Gasteiger partial charge on any atom is -0.376 e. The van der Waals surface area contributed by atoms with E-state index in [9.17, 15) is 5.26 Å². The van der Waals surface area contributed by atoms with Gasteiger partial charge in [-0.25, -0.2) is 0 Å². The van der Waals surface area contributed by atoms with Crippen molar-refractivity contribution in [3.8, 4) is 6.07 Å². The van der Waals surface area contributed by atoms with Gasteiger partial charge in [0.25, 0.3) is 0 Å². The number of morpholine rings is 1. The van der Waals surface area contributed by atoms with Gasteiger partial charge in [0, 0.05) is 25.2 Å². The summed E-state index contributed by atoms with van der Waals surface area (Å²) in [7, 11) is 0. The van der Waals surface area contributed by atoms with Crippen molar-refractivity contribution in [2.45, 2.75) is 70.7 Å². The Balaban J connectivity index is 2.11. The summed E-state index contributed by atoms with van der Waals surface area (Å²) in [5, 5.41) is 13.4. The highest BCUT2D eigenvalue weighted by atomic mass is 16.5. The molecule has 1 saturated carbocycles. The molecule has 1 N–H and O–H groups in total. The number of rotatable bonds is 6. The highest BCUT2D eigenvalue weighted by Gasteiger charge is 2.48. The van der Waals surface area contributed by atoms with Gasteiger partial charge in [-0.1, -0.05) is 6.92 Å². The summed E-state index contributed by atoms with van der Waals surface area (Å²) < 4.78 is 5.77. The molecule has 4 nitrogen and oxygen atoms in total. The molecule has 1 heterocycles. The zero-order valence-electron chi connectivity index (χ0n) is 13.4. The van der Waals surface area contributed by atoms with Crippen molar-refractivity contribution in [1.29, 1.82) is 5.26 Å². The van der Waals surface area contributed by atoms with Crippen molar-refractivity contribution in [2.75, 3.05) is 19.7 Å². The third-order valence-electron chi connectivity index (χ3n) is 4.52. The van der Waals surface area contributed by atoms with E-state index in [0.717, 1.165) is 26.1 Å². The molecule has 0 aromatic rings. The number of ether oxygens (including phenoxy) is 1. The SMILES string of the molecule is CCC1COC(C)CN1CC(C#N)(NC(C)C)C1CC1. The van der Waals surface area contributed by atoms with Gasteiger partial charge in [0.05, 0.1) is 18.8 Å². The first-order chi connectivity index (χ1) is 9.50. The third-order valence-corrected chi connectivity index (χ3v) is 4.52. The van der Waals surface area contributed by atoms with Crippen LogP contribution in [-0.2, 0) is 4.74 Å². The topological polar surface area (TPSA) is 48.3 Å². The Hall–Kier alpha value is -0.630. The molecular formula is C16H29N3O. The normalized spacial score (nSPS) is 31.0. The van der Waals surface area contributed by atoms with Gasteiger partial charge in [-0.2, -0.15) is 5.26 Å². The first kappa shape index (κ1) is 15.8. The Kier molecular flexibility index (Phi) is 5.06. The molecule has 2 aliphatic rings. The van der Waals surface area contributed by atoms with Crippen molar-refractivity contribution in [2.24, 2.45) is 5.92 Å². The van der Waals surface area contributed by atoms with Gasteiger partial charge in [0.15, 0.2) is 0 Å². The molecule has 4 heteroatoms. The van der Waals surface area contributed by atoms with Gasteiger partial charge >= 0.3 is 0 Å². The fourth-order valence-electron chi connectivity index (χ4n) is 3.35. The van der Waals surface area contributed by atoms with E-state index in [0.29, 0.717) is 18.0 Å². The molecule has 1 aliphatic carbocycles. The summed E-state index contributed by atoms with van der Waals surface area (Å²) in [5.74, 6) is 0.519. The van der Waals surface area contributed by atoms with Crippen LogP contribution in [0.25, 0.3) is 0 Å². The molecule has 0 aromatic heterocycles. The number of hydrogen-bond acceptors (Lipinski definition) is 4. The largest absolute Gasteiger partial charge is 0.376 e. The molecule has 3 unspecified atom stereocenters. The van der Waals surface area contributed by atoms with Gasteiger partial charge < -0.3 is 4.74 Å². The van der Waals surface area contributed by atoms with Crippen LogP contribution in [0.3, 0.4) is 0 Å². The highest BCUT2D eigenvalue weighted by Crippen LogP contribution is 2.40. The van der Waals surface area contributed by atoms with Gasteiger partial charge in [0.2, 0.25) is 0 Å². The summed E-state index contributed by atoms with van der Waals surface area (Å²) in [6.45, 7) is 11.2.